The van der Waals surface area contributed by atoms with Crippen molar-refractivity contribution in [2.75, 3.05) is 32.1 Å². The third-order valence-corrected chi connectivity index (χ3v) is 5.39. The van der Waals surface area contributed by atoms with Gasteiger partial charge in [0.05, 0.1) is 13.7 Å². The summed E-state index contributed by atoms with van der Waals surface area (Å²) in [5.74, 6) is 2.33. The Hall–Kier alpha value is -3.07. The van der Waals surface area contributed by atoms with Gasteiger partial charge in [0, 0.05) is 43.0 Å². The molecule has 1 aliphatic rings. The van der Waals surface area contributed by atoms with Gasteiger partial charge in [0.25, 0.3) is 0 Å². The number of aryl methyl sites for hydroxylation is 2. The maximum absolute atomic E-state index is 11.4. The number of likely N-dealkylation sites (tertiary alicyclic amines) is 1. The van der Waals surface area contributed by atoms with Crippen molar-refractivity contribution < 1.29 is 9.53 Å². The summed E-state index contributed by atoms with van der Waals surface area (Å²) in [5, 5.41) is 3.52. The van der Waals surface area contributed by atoms with Crippen LogP contribution in [0.15, 0.2) is 18.6 Å². The van der Waals surface area contributed by atoms with Gasteiger partial charge in [-0.2, -0.15) is 0 Å². The minimum absolute atomic E-state index is 0.190. The standard InChI is InChI=1S/C21H27N7O2/c1-5-28-19(15-8-13(2)21(30-4)22-9-15)26-17-18(23-12-24-20(17)28)25-16-6-7-27(11-16)10-14(3)29/h8-9,12,16H,5-7,10-11H2,1-4H3,(H,23,24,25). The van der Waals surface area contributed by atoms with Gasteiger partial charge in [-0.15, -0.1) is 0 Å². The van der Waals surface area contributed by atoms with Crippen molar-refractivity contribution >= 4 is 22.8 Å². The molecule has 1 aliphatic heterocycles. The first-order valence-electron chi connectivity index (χ1n) is 10.2. The zero-order chi connectivity index (χ0) is 21.3. The number of carbonyl (C=O) groups excluding carboxylic acids is 1. The molecule has 4 heterocycles. The van der Waals surface area contributed by atoms with E-state index in [-0.39, 0.29) is 11.8 Å². The molecule has 0 spiro atoms. The summed E-state index contributed by atoms with van der Waals surface area (Å²) in [6, 6.07) is 2.25. The third kappa shape index (κ3) is 3.85. The van der Waals surface area contributed by atoms with Gasteiger partial charge >= 0.3 is 0 Å². The minimum atomic E-state index is 0.190. The Morgan fingerprint density at radius 3 is 2.87 bits per heavy atom. The predicted octanol–water partition coefficient (Wildman–Crippen LogP) is 2.30. The van der Waals surface area contributed by atoms with Gasteiger partial charge in [0.2, 0.25) is 5.88 Å². The van der Waals surface area contributed by atoms with E-state index >= 15 is 0 Å². The highest BCUT2D eigenvalue weighted by atomic mass is 16.5. The summed E-state index contributed by atoms with van der Waals surface area (Å²) in [7, 11) is 1.62. The van der Waals surface area contributed by atoms with Crippen LogP contribution in [0.1, 0.15) is 25.8 Å². The number of carbonyl (C=O) groups is 1. The first-order chi connectivity index (χ1) is 14.5. The molecule has 0 aromatic carbocycles. The van der Waals surface area contributed by atoms with Crippen LogP contribution in [0, 0.1) is 6.92 Å². The summed E-state index contributed by atoms with van der Waals surface area (Å²) in [4.78, 5) is 31.8. The highest BCUT2D eigenvalue weighted by Crippen LogP contribution is 2.29. The van der Waals surface area contributed by atoms with Crippen molar-refractivity contribution in [3.63, 3.8) is 0 Å². The number of nitrogens with zero attached hydrogens (tertiary/aromatic N) is 6. The van der Waals surface area contributed by atoms with Crippen molar-refractivity contribution in [1.29, 1.82) is 0 Å². The van der Waals surface area contributed by atoms with Crippen LogP contribution in [0.4, 0.5) is 5.82 Å². The van der Waals surface area contributed by atoms with Gasteiger partial charge in [0.15, 0.2) is 17.0 Å². The molecule has 0 bridgehead atoms. The Kier molecular flexibility index (Phi) is 5.63. The molecule has 9 nitrogen and oxygen atoms in total. The van der Waals surface area contributed by atoms with E-state index < -0.39 is 0 Å². The lowest BCUT2D eigenvalue weighted by molar-refractivity contribution is -0.117. The van der Waals surface area contributed by atoms with Crippen LogP contribution in [0.3, 0.4) is 0 Å². The Labute approximate surface area is 175 Å². The van der Waals surface area contributed by atoms with E-state index in [4.69, 9.17) is 9.72 Å². The molecule has 1 fully saturated rings. The Morgan fingerprint density at radius 1 is 1.33 bits per heavy atom. The molecule has 1 unspecified atom stereocenters. The first kappa shape index (κ1) is 20.2. The number of ether oxygens (including phenoxy) is 1. The molecule has 0 radical (unpaired) electrons. The number of hydrogen-bond acceptors (Lipinski definition) is 8. The van der Waals surface area contributed by atoms with E-state index in [2.05, 4.69) is 36.7 Å². The van der Waals surface area contributed by atoms with Crippen molar-refractivity contribution in [2.24, 2.45) is 0 Å². The molecule has 158 valence electrons. The molecule has 30 heavy (non-hydrogen) atoms. The van der Waals surface area contributed by atoms with E-state index in [1.165, 1.54) is 0 Å². The Balaban J connectivity index is 1.67. The lowest BCUT2D eigenvalue weighted by Gasteiger charge is -2.15. The second-order valence-corrected chi connectivity index (χ2v) is 7.69. The number of methoxy groups -OCH3 is 1. The number of pyridine rings is 1. The fourth-order valence-corrected chi connectivity index (χ4v) is 4.06. The Bertz CT molecular complexity index is 1080. The van der Waals surface area contributed by atoms with Crippen molar-refractivity contribution in [3.05, 3.63) is 24.2 Å². The SMILES string of the molecule is CCn1c(-c2cnc(OC)c(C)c2)nc2c(NC3CCN(CC(C)=O)C3)ncnc21. The lowest BCUT2D eigenvalue weighted by atomic mass is 10.2. The van der Waals surface area contributed by atoms with E-state index in [1.54, 1.807) is 26.6 Å². The highest BCUT2D eigenvalue weighted by molar-refractivity contribution is 5.86. The molecule has 0 aliphatic carbocycles. The molecular formula is C21H27N7O2. The smallest absolute Gasteiger partial charge is 0.215 e. The number of Topliss-reactive ketones (excluding diaryl/α,β-unsaturated/α-hetero) is 1. The second-order valence-electron chi connectivity index (χ2n) is 7.69. The zero-order valence-corrected chi connectivity index (χ0v) is 17.8. The molecule has 4 rings (SSSR count). The minimum Gasteiger partial charge on any atom is -0.481 e. The molecule has 3 aromatic rings. The van der Waals surface area contributed by atoms with Crippen LogP contribution >= 0.6 is 0 Å². The molecule has 9 heteroatoms. The molecule has 1 atom stereocenters. The van der Waals surface area contributed by atoms with Crippen LogP contribution < -0.4 is 10.1 Å². The van der Waals surface area contributed by atoms with Gasteiger partial charge in [0.1, 0.15) is 17.9 Å². The number of nitrogens with one attached hydrogen (secondary N) is 1. The van der Waals surface area contributed by atoms with Gasteiger partial charge in [-0.25, -0.2) is 19.9 Å². The molecule has 1 saturated heterocycles. The normalized spacial score (nSPS) is 16.9. The van der Waals surface area contributed by atoms with Gasteiger partial charge < -0.3 is 14.6 Å². The summed E-state index contributed by atoms with van der Waals surface area (Å²) in [6.45, 7) is 8.60. The Morgan fingerprint density at radius 2 is 2.17 bits per heavy atom. The second kappa shape index (κ2) is 8.35. The third-order valence-electron chi connectivity index (χ3n) is 5.39. The fraction of sp³-hybridized carbons (Fsp3) is 0.476. The van der Waals surface area contributed by atoms with Crippen molar-refractivity contribution in [1.82, 2.24) is 29.4 Å². The van der Waals surface area contributed by atoms with E-state index in [1.807, 2.05) is 13.0 Å². The van der Waals surface area contributed by atoms with Gasteiger partial charge in [-0.05, 0) is 33.3 Å². The maximum Gasteiger partial charge on any atom is 0.215 e. The summed E-state index contributed by atoms with van der Waals surface area (Å²) in [6.07, 6.45) is 4.31. The van der Waals surface area contributed by atoms with Crippen LogP contribution in [-0.4, -0.2) is 68.0 Å². The monoisotopic (exact) mass is 409 g/mol. The van der Waals surface area contributed by atoms with Crippen LogP contribution in [0.5, 0.6) is 5.88 Å². The largest absolute Gasteiger partial charge is 0.481 e. The lowest BCUT2D eigenvalue weighted by Crippen LogP contribution is -2.30. The van der Waals surface area contributed by atoms with Crippen LogP contribution in [-0.2, 0) is 11.3 Å². The van der Waals surface area contributed by atoms with Gasteiger partial charge in [-0.1, -0.05) is 0 Å². The summed E-state index contributed by atoms with van der Waals surface area (Å²) < 4.78 is 7.35. The fourth-order valence-electron chi connectivity index (χ4n) is 4.06. The van der Waals surface area contributed by atoms with Crippen LogP contribution in [0.2, 0.25) is 0 Å². The van der Waals surface area contributed by atoms with E-state index in [9.17, 15) is 4.79 Å². The average molecular weight is 409 g/mol. The average Bonchev–Trinajstić information content (AvgIpc) is 3.31. The quantitative estimate of drug-likeness (QED) is 0.635. The molecule has 3 aromatic heterocycles. The highest BCUT2D eigenvalue weighted by Gasteiger charge is 2.25. The number of fused-ring (bicyclic) bond motifs is 1. The van der Waals surface area contributed by atoms with Crippen molar-refractivity contribution in [2.45, 2.75) is 39.8 Å². The molecular weight excluding hydrogens is 382 g/mol. The maximum atomic E-state index is 11.4. The number of anilines is 1. The molecule has 0 saturated carbocycles. The van der Waals surface area contributed by atoms with Crippen LogP contribution in [0.25, 0.3) is 22.6 Å². The van der Waals surface area contributed by atoms with E-state index in [0.29, 0.717) is 12.4 Å². The first-order valence-corrected chi connectivity index (χ1v) is 10.2. The number of imidazole rings is 1. The molecule has 1 N–H and O–H groups in total. The van der Waals surface area contributed by atoms with Crippen molar-refractivity contribution in [3.8, 4) is 17.3 Å². The summed E-state index contributed by atoms with van der Waals surface area (Å²) in [5.41, 5.74) is 3.39. The number of rotatable bonds is 7. The summed E-state index contributed by atoms with van der Waals surface area (Å²) >= 11 is 0. The number of hydrogen-bond donors (Lipinski definition) is 1. The predicted molar refractivity (Wildman–Crippen MR) is 115 cm³/mol. The van der Waals surface area contributed by atoms with Gasteiger partial charge in [-0.3, -0.25) is 9.69 Å². The topological polar surface area (TPSA) is 98.1 Å². The number of ketones is 1. The van der Waals surface area contributed by atoms with E-state index in [0.717, 1.165) is 60.0 Å². The zero-order valence-electron chi connectivity index (χ0n) is 17.8. The molecule has 0 amide bonds. The number of aromatic nitrogens is 5.